The summed E-state index contributed by atoms with van der Waals surface area (Å²) in [6.07, 6.45) is 1.84. The Morgan fingerprint density at radius 1 is 1.36 bits per heavy atom. The molecule has 0 amide bonds. The summed E-state index contributed by atoms with van der Waals surface area (Å²) in [4.78, 5) is 4.49. The average Bonchev–Trinajstić information content (AvgIpc) is 2.18. The fourth-order valence-corrected chi connectivity index (χ4v) is 1.23. The quantitative estimate of drug-likeness (QED) is 0.508. The minimum atomic E-state index is 0.191. The Bertz CT molecular complexity index is 333. The van der Waals surface area contributed by atoms with E-state index in [1.165, 1.54) is 11.1 Å². The van der Waals surface area contributed by atoms with Gasteiger partial charge in [0.2, 0.25) is 0 Å². The van der Waals surface area contributed by atoms with Gasteiger partial charge in [-0.2, -0.15) is 0 Å². The van der Waals surface area contributed by atoms with Gasteiger partial charge < -0.3 is 0 Å². The van der Waals surface area contributed by atoms with E-state index in [2.05, 4.69) is 42.8 Å². The van der Waals surface area contributed by atoms with Gasteiger partial charge in [0.1, 0.15) is 0 Å². The van der Waals surface area contributed by atoms with E-state index in [9.17, 15) is 0 Å². The minimum Gasteiger partial charge on any atom is -0.282 e. The van der Waals surface area contributed by atoms with Gasteiger partial charge in [0, 0.05) is 5.71 Å². The monoisotopic (exact) mass is 187 g/mol. The van der Waals surface area contributed by atoms with Gasteiger partial charge in [0.15, 0.2) is 0 Å². The molecule has 0 aliphatic rings. The highest BCUT2D eigenvalue weighted by Gasteiger charge is 1.98. The zero-order valence-corrected chi connectivity index (χ0v) is 9.12. The second-order valence-electron chi connectivity index (χ2n) is 3.56. The van der Waals surface area contributed by atoms with Crippen LogP contribution in [0.1, 0.15) is 25.0 Å². The Labute approximate surface area is 86.2 Å². The van der Waals surface area contributed by atoms with Crippen molar-refractivity contribution in [2.24, 2.45) is 4.99 Å². The Morgan fingerprint density at radius 3 is 2.43 bits per heavy atom. The standard InChI is InChI=1S/C13H17N/c1-5-11(3)14-12(4)13-8-6-10(2)7-9-13/h5-9,11H,1H2,2-4H3. The molecule has 0 aliphatic heterocycles. The van der Waals surface area contributed by atoms with Crippen molar-refractivity contribution >= 4 is 5.71 Å². The zero-order chi connectivity index (χ0) is 10.6. The first-order valence-electron chi connectivity index (χ1n) is 4.87. The van der Waals surface area contributed by atoms with Gasteiger partial charge in [-0.25, -0.2) is 0 Å². The lowest BCUT2D eigenvalue weighted by atomic mass is 10.1. The van der Waals surface area contributed by atoms with Gasteiger partial charge in [-0.05, 0) is 26.3 Å². The van der Waals surface area contributed by atoms with Crippen molar-refractivity contribution in [2.75, 3.05) is 0 Å². The second kappa shape index (κ2) is 4.75. The second-order valence-corrected chi connectivity index (χ2v) is 3.56. The van der Waals surface area contributed by atoms with E-state index >= 15 is 0 Å². The summed E-state index contributed by atoms with van der Waals surface area (Å²) in [6.45, 7) is 9.87. The minimum absolute atomic E-state index is 0.191. The molecule has 1 nitrogen and oxygen atoms in total. The summed E-state index contributed by atoms with van der Waals surface area (Å²) >= 11 is 0. The van der Waals surface area contributed by atoms with Crippen molar-refractivity contribution in [1.29, 1.82) is 0 Å². The summed E-state index contributed by atoms with van der Waals surface area (Å²) in [5, 5.41) is 0. The third kappa shape index (κ3) is 2.84. The fraction of sp³-hybridized carbons (Fsp3) is 0.308. The summed E-state index contributed by atoms with van der Waals surface area (Å²) < 4.78 is 0. The molecule has 1 rings (SSSR count). The summed E-state index contributed by atoms with van der Waals surface area (Å²) in [7, 11) is 0. The van der Waals surface area contributed by atoms with Crippen LogP contribution in [0.25, 0.3) is 0 Å². The average molecular weight is 187 g/mol. The molecule has 0 saturated heterocycles. The number of hydrogen-bond acceptors (Lipinski definition) is 1. The Hall–Kier alpha value is -1.37. The predicted molar refractivity (Wildman–Crippen MR) is 63.0 cm³/mol. The predicted octanol–water partition coefficient (Wildman–Crippen LogP) is 3.38. The molecule has 0 fully saturated rings. The molecule has 1 aromatic rings. The van der Waals surface area contributed by atoms with Gasteiger partial charge in [-0.1, -0.05) is 35.9 Å². The fourth-order valence-electron chi connectivity index (χ4n) is 1.23. The maximum absolute atomic E-state index is 4.49. The van der Waals surface area contributed by atoms with Crippen LogP contribution in [0.2, 0.25) is 0 Å². The first-order valence-corrected chi connectivity index (χ1v) is 4.87. The zero-order valence-electron chi connectivity index (χ0n) is 9.12. The molecule has 14 heavy (non-hydrogen) atoms. The van der Waals surface area contributed by atoms with Gasteiger partial charge in [0.05, 0.1) is 6.04 Å². The number of rotatable bonds is 3. The van der Waals surface area contributed by atoms with Crippen LogP contribution in [0.4, 0.5) is 0 Å². The number of aliphatic imine (C=N–C) groups is 1. The maximum atomic E-state index is 4.49. The van der Waals surface area contributed by atoms with Crippen LogP contribution in [-0.2, 0) is 0 Å². The van der Waals surface area contributed by atoms with Crippen molar-refractivity contribution in [3.05, 3.63) is 48.0 Å². The van der Waals surface area contributed by atoms with Crippen LogP contribution in [0.3, 0.4) is 0 Å². The molecule has 1 aromatic carbocycles. The first kappa shape index (κ1) is 10.7. The van der Waals surface area contributed by atoms with Gasteiger partial charge in [-0.3, -0.25) is 4.99 Å². The highest BCUT2D eigenvalue weighted by atomic mass is 14.8. The maximum Gasteiger partial charge on any atom is 0.0652 e. The molecule has 0 aliphatic carbocycles. The molecule has 1 atom stereocenters. The number of hydrogen-bond donors (Lipinski definition) is 0. The topological polar surface area (TPSA) is 12.4 Å². The summed E-state index contributed by atoms with van der Waals surface area (Å²) in [6, 6.07) is 8.60. The third-order valence-electron chi connectivity index (χ3n) is 2.21. The molecule has 1 heteroatoms. The van der Waals surface area contributed by atoms with Crippen LogP contribution < -0.4 is 0 Å². The summed E-state index contributed by atoms with van der Waals surface area (Å²) in [5.74, 6) is 0. The lowest BCUT2D eigenvalue weighted by Crippen LogP contribution is -2.00. The summed E-state index contributed by atoms with van der Waals surface area (Å²) in [5.41, 5.74) is 3.53. The van der Waals surface area contributed by atoms with E-state index in [0.717, 1.165) is 5.71 Å². The Morgan fingerprint density at radius 2 is 1.93 bits per heavy atom. The number of benzene rings is 1. The molecule has 0 aromatic heterocycles. The Kier molecular flexibility index (Phi) is 3.63. The third-order valence-corrected chi connectivity index (χ3v) is 2.21. The van der Waals surface area contributed by atoms with E-state index in [0.29, 0.717) is 0 Å². The molecule has 0 bridgehead atoms. The van der Waals surface area contributed by atoms with Crippen LogP contribution >= 0.6 is 0 Å². The van der Waals surface area contributed by atoms with Crippen LogP contribution in [0.15, 0.2) is 41.9 Å². The molecular formula is C13H17N. The van der Waals surface area contributed by atoms with Crippen molar-refractivity contribution in [2.45, 2.75) is 26.8 Å². The Balaban J connectivity index is 2.88. The highest BCUT2D eigenvalue weighted by molar-refractivity contribution is 5.98. The molecule has 0 spiro atoms. The molecule has 1 unspecified atom stereocenters. The number of aryl methyl sites for hydroxylation is 1. The smallest absolute Gasteiger partial charge is 0.0652 e. The van der Waals surface area contributed by atoms with Crippen LogP contribution in [0, 0.1) is 6.92 Å². The molecule has 0 radical (unpaired) electrons. The number of nitrogens with zero attached hydrogens (tertiary/aromatic N) is 1. The molecular weight excluding hydrogens is 170 g/mol. The van der Waals surface area contributed by atoms with E-state index in [1.54, 1.807) is 0 Å². The van der Waals surface area contributed by atoms with E-state index in [-0.39, 0.29) is 6.04 Å². The van der Waals surface area contributed by atoms with Gasteiger partial charge >= 0.3 is 0 Å². The lowest BCUT2D eigenvalue weighted by Gasteiger charge is -2.04. The van der Waals surface area contributed by atoms with Gasteiger partial charge in [-0.15, -0.1) is 6.58 Å². The normalized spacial score (nSPS) is 13.8. The van der Waals surface area contributed by atoms with E-state index in [1.807, 2.05) is 19.9 Å². The van der Waals surface area contributed by atoms with Crippen molar-refractivity contribution in [1.82, 2.24) is 0 Å². The largest absolute Gasteiger partial charge is 0.282 e. The van der Waals surface area contributed by atoms with E-state index < -0.39 is 0 Å². The van der Waals surface area contributed by atoms with Crippen LogP contribution in [-0.4, -0.2) is 11.8 Å². The lowest BCUT2D eigenvalue weighted by molar-refractivity contribution is 0.928. The van der Waals surface area contributed by atoms with Gasteiger partial charge in [0.25, 0.3) is 0 Å². The molecule has 0 saturated carbocycles. The highest BCUT2D eigenvalue weighted by Crippen LogP contribution is 2.06. The molecule has 0 heterocycles. The SMILES string of the molecule is C=CC(C)N=C(C)c1ccc(C)cc1. The van der Waals surface area contributed by atoms with Crippen LogP contribution in [0.5, 0.6) is 0 Å². The molecule has 0 N–H and O–H groups in total. The van der Waals surface area contributed by atoms with Crippen molar-refractivity contribution in [3.63, 3.8) is 0 Å². The van der Waals surface area contributed by atoms with Crippen molar-refractivity contribution < 1.29 is 0 Å². The van der Waals surface area contributed by atoms with Crippen molar-refractivity contribution in [3.8, 4) is 0 Å². The molecule has 74 valence electrons. The van der Waals surface area contributed by atoms with E-state index in [4.69, 9.17) is 0 Å². The first-order chi connectivity index (χ1) is 6.63.